The fraction of sp³-hybridized carbons (Fsp3) is 0.364. The van der Waals surface area contributed by atoms with Crippen LogP contribution in [0.1, 0.15) is 12.5 Å². The average molecular weight is 270 g/mol. The second kappa shape index (κ2) is 4.68. The van der Waals surface area contributed by atoms with Crippen LogP contribution in [0.4, 0.5) is 5.69 Å². The number of fused-ring (bicyclic) bond motifs is 1. The number of hydrogen-bond acceptors (Lipinski definition) is 4. The van der Waals surface area contributed by atoms with Gasteiger partial charge in [-0.3, -0.25) is 9.63 Å². The summed E-state index contributed by atoms with van der Waals surface area (Å²) in [5, 5.41) is 0. The van der Waals surface area contributed by atoms with Crippen LogP contribution >= 0.6 is 0 Å². The maximum absolute atomic E-state index is 11.7. The van der Waals surface area contributed by atoms with E-state index in [-0.39, 0.29) is 10.8 Å². The van der Waals surface area contributed by atoms with Gasteiger partial charge in [0.15, 0.2) is 0 Å². The van der Waals surface area contributed by atoms with E-state index in [1.807, 2.05) is 4.89 Å². The molecule has 0 atom stereocenters. The number of anilines is 1. The Labute approximate surface area is 106 Å². The Morgan fingerprint density at radius 2 is 2.17 bits per heavy atom. The molecule has 0 radical (unpaired) electrons. The minimum absolute atomic E-state index is 0.0422. The number of carbonyl (C=O) groups is 1. The molecule has 1 aromatic carbocycles. The van der Waals surface area contributed by atoms with Gasteiger partial charge in [0.2, 0.25) is 5.91 Å². The van der Waals surface area contributed by atoms with Crippen molar-refractivity contribution in [2.24, 2.45) is 0 Å². The molecule has 98 valence electrons. The average Bonchev–Trinajstić information content (AvgIpc) is 2.71. The first-order chi connectivity index (χ1) is 8.45. The molecule has 1 aliphatic heterocycles. The van der Waals surface area contributed by atoms with Crippen LogP contribution in [0, 0.1) is 0 Å². The molecule has 1 aliphatic rings. The minimum atomic E-state index is -3.65. The fourth-order valence-electron chi connectivity index (χ4n) is 2.03. The molecule has 1 N–H and O–H groups in total. The highest BCUT2D eigenvalue weighted by molar-refractivity contribution is 7.89. The second-order valence-electron chi connectivity index (χ2n) is 4.00. The van der Waals surface area contributed by atoms with Gasteiger partial charge in [0.25, 0.3) is 10.0 Å². The summed E-state index contributed by atoms with van der Waals surface area (Å²) in [6.07, 6.45) is 0.658. The van der Waals surface area contributed by atoms with Crippen molar-refractivity contribution in [3.05, 3.63) is 23.8 Å². The number of nitrogens with zero attached hydrogens (tertiary/aromatic N) is 1. The van der Waals surface area contributed by atoms with Gasteiger partial charge in [-0.2, -0.15) is 0 Å². The number of amides is 1. The highest BCUT2D eigenvalue weighted by atomic mass is 32.2. The summed E-state index contributed by atoms with van der Waals surface area (Å²) in [7, 11) is -2.41. The first-order valence-corrected chi connectivity index (χ1v) is 6.90. The molecule has 6 nitrogen and oxygen atoms in total. The second-order valence-corrected chi connectivity index (χ2v) is 5.65. The van der Waals surface area contributed by atoms with Gasteiger partial charge in [-0.15, -0.1) is 0 Å². The van der Waals surface area contributed by atoms with E-state index in [0.29, 0.717) is 13.0 Å². The highest BCUT2D eigenvalue weighted by Gasteiger charge is 2.24. The van der Waals surface area contributed by atoms with Gasteiger partial charge in [-0.1, -0.05) is 4.89 Å². The number of rotatable bonds is 3. The largest absolute Gasteiger partial charge is 0.312 e. The first-order valence-electron chi connectivity index (χ1n) is 5.41. The van der Waals surface area contributed by atoms with E-state index < -0.39 is 10.0 Å². The fourth-order valence-corrected chi connectivity index (χ4v) is 2.89. The van der Waals surface area contributed by atoms with Crippen LogP contribution in [0.2, 0.25) is 0 Å². The van der Waals surface area contributed by atoms with Gasteiger partial charge in [0.05, 0.1) is 12.0 Å². The molecule has 1 aromatic rings. The van der Waals surface area contributed by atoms with Gasteiger partial charge in [0.1, 0.15) is 0 Å². The molecule has 0 fully saturated rings. The van der Waals surface area contributed by atoms with E-state index in [4.69, 9.17) is 0 Å². The van der Waals surface area contributed by atoms with Gasteiger partial charge in [0, 0.05) is 19.2 Å². The van der Waals surface area contributed by atoms with E-state index in [0.717, 1.165) is 11.3 Å². The Morgan fingerprint density at radius 1 is 1.44 bits per heavy atom. The molecule has 0 saturated carbocycles. The van der Waals surface area contributed by atoms with Crippen molar-refractivity contribution in [3.63, 3.8) is 0 Å². The van der Waals surface area contributed by atoms with Crippen LogP contribution in [-0.4, -0.2) is 28.0 Å². The number of benzene rings is 1. The molecule has 0 saturated heterocycles. The lowest BCUT2D eigenvalue weighted by atomic mass is 10.2. The zero-order valence-corrected chi connectivity index (χ0v) is 11.0. The number of sulfonamides is 1. The van der Waals surface area contributed by atoms with Gasteiger partial charge in [-0.25, -0.2) is 8.42 Å². The van der Waals surface area contributed by atoms with Gasteiger partial charge < -0.3 is 4.90 Å². The van der Waals surface area contributed by atoms with Crippen LogP contribution in [0.25, 0.3) is 0 Å². The summed E-state index contributed by atoms with van der Waals surface area (Å²) in [4.78, 5) is 19.5. The molecule has 1 amide bonds. The number of carbonyl (C=O) groups excluding carboxylic acids is 1. The van der Waals surface area contributed by atoms with Crippen molar-refractivity contribution in [2.45, 2.75) is 18.2 Å². The Balaban J connectivity index is 2.39. The summed E-state index contributed by atoms with van der Waals surface area (Å²) in [5.74, 6) is -0.0422. The first kappa shape index (κ1) is 13.0. The third-order valence-corrected chi connectivity index (χ3v) is 4.09. The predicted molar refractivity (Wildman–Crippen MR) is 65.5 cm³/mol. The van der Waals surface area contributed by atoms with Crippen LogP contribution in [0.15, 0.2) is 23.1 Å². The Kier molecular flexibility index (Phi) is 3.38. The summed E-state index contributed by atoms with van der Waals surface area (Å²) in [5.41, 5.74) is 1.63. The summed E-state index contributed by atoms with van der Waals surface area (Å²) < 4.78 is 23.5. The molecular weight excluding hydrogens is 256 g/mol. The molecule has 0 aliphatic carbocycles. The summed E-state index contributed by atoms with van der Waals surface area (Å²) in [6.45, 7) is 2.08. The lowest BCUT2D eigenvalue weighted by Crippen LogP contribution is -2.25. The molecule has 7 heteroatoms. The maximum Gasteiger partial charge on any atom is 0.262 e. The third kappa shape index (κ3) is 2.24. The molecule has 1 heterocycles. The maximum atomic E-state index is 11.7. The monoisotopic (exact) mass is 270 g/mol. The summed E-state index contributed by atoms with van der Waals surface area (Å²) in [6, 6.07) is 4.68. The lowest BCUT2D eigenvalue weighted by Gasteiger charge is -2.14. The Morgan fingerprint density at radius 3 is 2.78 bits per heavy atom. The van der Waals surface area contributed by atoms with Crippen molar-refractivity contribution in [2.75, 3.05) is 18.6 Å². The highest BCUT2D eigenvalue weighted by Crippen LogP contribution is 2.30. The molecule has 18 heavy (non-hydrogen) atoms. The number of hydrogen-bond donors (Lipinski definition) is 1. The van der Waals surface area contributed by atoms with Crippen LogP contribution in [0.3, 0.4) is 0 Å². The molecule has 0 spiro atoms. The zero-order valence-electron chi connectivity index (χ0n) is 10.1. The lowest BCUT2D eigenvalue weighted by molar-refractivity contribution is -0.116. The number of nitrogens with one attached hydrogen (secondary N) is 1. The molecule has 0 unspecified atom stereocenters. The minimum Gasteiger partial charge on any atom is -0.312 e. The molecule has 0 aromatic heterocycles. The Hall–Kier alpha value is -1.44. The van der Waals surface area contributed by atoms with Crippen molar-refractivity contribution >= 4 is 21.6 Å². The quantitative estimate of drug-likeness (QED) is 0.808. The van der Waals surface area contributed by atoms with Crippen molar-refractivity contribution < 1.29 is 18.0 Å². The Bertz CT molecular complexity index is 583. The van der Waals surface area contributed by atoms with Crippen molar-refractivity contribution in [3.8, 4) is 0 Å². The molecule has 2 rings (SSSR count). The van der Waals surface area contributed by atoms with Gasteiger partial charge in [-0.05, 0) is 30.2 Å². The van der Waals surface area contributed by atoms with E-state index in [1.54, 1.807) is 17.0 Å². The normalized spacial score (nSPS) is 14.7. The van der Waals surface area contributed by atoms with E-state index >= 15 is 0 Å². The van der Waals surface area contributed by atoms with Crippen molar-refractivity contribution in [1.29, 1.82) is 0 Å². The SMILES string of the molecule is CONS(=O)(=O)c1ccc2c(c1)CCN2C(C)=O. The summed E-state index contributed by atoms with van der Waals surface area (Å²) >= 11 is 0. The van der Waals surface area contributed by atoms with E-state index in [2.05, 4.69) is 4.84 Å². The van der Waals surface area contributed by atoms with Crippen LogP contribution in [0.5, 0.6) is 0 Å². The van der Waals surface area contributed by atoms with Crippen LogP contribution in [-0.2, 0) is 26.1 Å². The van der Waals surface area contributed by atoms with E-state index in [9.17, 15) is 13.2 Å². The third-order valence-electron chi connectivity index (χ3n) is 2.83. The predicted octanol–water partition coefficient (Wildman–Crippen LogP) is 0.435. The molecular formula is C11H14N2O4S. The van der Waals surface area contributed by atoms with E-state index in [1.165, 1.54) is 20.1 Å². The van der Waals surface area contributed by atoms with Crippen molar-refractivity contribution in [1.82, 2.24) is 4.89 Å². The topological polar surface area (TPSA) is 75.7 Å². The molecule has 0 bridgehead atoms. The van der Waals surface area contributed by atoms with Crippen LogP contribution < -0.4 is 9.79 Å². The zero-order chi connectivity index (χ0) is 13.3. The smallest absolute Gasteiger partial charge is 0.262 e. The van der Waals surface area contributed by atoms with Gasteiger partial charge >= 0.3 is 0 Å². The standard InChI is InChI=1S/C11H14N2O4S/c1-8(14)13-6-5-9-7-10(3-4-11(9)13)18(15,16)12-17-2/h3-4,7,12H,5-6H2,1-2H3.